The van der Waals surface area contributed by atoms with Crippen molar-refractivity contribution in [2.45, 2.75) is 32.4 Å². The van der Waals surface area contributed by atoms with Crippen molar-refractivity contribution in [3.05, 3.63) is 23.8 Å². The molecule has 0 spiro atoms. The molecule has 3 rings (SSSR count). The second-order valence-corrected chi connectivity index (χ2v) is 5.83. The summed E-state index contributed by atoms with van der Waals surface area (Å²) in [5, 5.41) is 0. The Hall–Kier alpha value is -1.04. The molecule has 1 atom stereocenters. The highest BCUT2D eigenvalue weighted by Gasteiger charge is 2.27. The molecule has 0 bridgehead atoms. The maximum atomic E-state index is 5.43. The first kappa shape index (κ1) is 13.9. The van der Waals surface area contributed by atoms with Crippen molar-refractivity contribution >= 4 is 0 Å². The van der Waals surface area contributed by atoms with E-state index in [-0.39, 0.29) is 0 Å². The predicted octanol–water partition coefficient (Wildman–Crippen LogP) is 1.08. The van der Waals surface area contributed by atoms with Gasteiger partial charge in [-0.3, -0.25) is 9.80 Å². The van der Waals surface area contributed by atoms with Gasteiger partial charge in [-0.05, 0) is 32.4 Å². The van der Waals surface area contributed by atoms with Gasteiger partial charge in [0.15, 0.2) is 0 Å². The van der Waals surface area contributed by atoms with E-state index in [1.54, 1.807) is 6.33 Å². The Morgan fingerprint density at radius 2 is 2.10 bits per heavy atom. The van der Waals surface area contributed by atoms with Crippen molar-refractivity contribution in [1.29, 1.82) is 0 Å². The van der Waals surface area contributed by atoms with Gasteiger partial charge in [-0.15, -0.1) is 0 Å². The Morgan fingerprint density at radius 1 is 1.25 bits per heavy atom. The zero-order valence-electron chi connectivity index (χ0n) is 12.3. The average Bonchev–Trinajstić information content (AvgIpc) is 2.87. The van der Waals surface area contributed by atoms with Crippen LogP contribution in [0.5, 0.6) is 0 Å². The summed E-state index contributed by atoms with van der Waals surface area (Å²) in [5.41, 5.74) is 2.20. The standard InChI is InChI=1S/C15H24N4O/c1-13-9-14(17-12-16-13)10-19-4-2-3-15(19)11-18-5-7-20-8-6-18/h9,12,15H,2-8,10-11H2,1H3. The van der Waals surface area contributed by atoms with Crippen molar-refractivity contribution in [3.8, 4) is 0 Å². The van der Waals surface area contributed by atoms with Gasteiger partial charge in [-0.1, -0.05) is 0 Å². The molecule has 2 aliphatic heterocycles. The molecular weight excluding hydrogens is 252 g/mol. The number of likely N-dealkylation sites (tertiary alicyclic amines) is 1. The van der Waals surface area contributed by atoms with Crippen molar-refractivity contribution < 1.29 is 4.74 Å². The third-order valence-corrected chi connectivity index (χ3v) is 4.30. The average molecular weight is 276 g/mol. The summed E-state index contributed by atoms with van der Waals surface area (Å²) >= 11 is 0. The van der Waals surface area contributed by atoms with E-state index >= 15 is 0 Å². The van der Waals surface area contributed by atoms with Crippen molar-refractivity contribution in [2.75, 3.05) is 39.4 Å². The molecule has 5 heteroatoms. The van der Waals surface area contributed by atoms with Gasteiger partial charge < -0.3 is 4.74 Å². The first-order valence-electron chi connectivity index (χ1n) is 7.63. The van der Waals surface area contributed by atoms with Crippen LogP contribution >= 0.6 is 0 Å². The molecule has 20 heavy (non-hydrogen) atoms. The third-order valence-electron chi connectivity index (χ3n) is 4.30. The lowest BCUT2D eigenvalue weighted by atomic mass is 10.2. The van der Waals surface area contributed by atoms with Gasteiger partial charge in [0.05, 0.1) is 18.9 Å². The Balaban J connectivity index is 1.57. The minimum Gasteiger partial charge on any atom is -0.379 e. The summed E-state index contributed by atoms with van der Waals surface area (Å²) in [7, 11) is 0. The molecule has 2 saturated heterocycles. The van der Waals surface area contributed by atoms with Crippen LogP contribution in [0.3, 0.4) is 0 Å². The smallest absolute Gasteiger partial charge is 0.115 e. The Bertz CT molecular complexity index is 434. The predicted molar refractivity (Wildman–Crippen MR) is 77.5 cm³/mol. The van der Waals surface area contributed by atoms with Gasteiger partial charge >= 0.3 is 0 Å². The van der Waals surface area contributed by atoms with Crippen molar-refractivity contribution in [2.24, 2.45) is 0 Å². The summed E-state index contributed by atoms with van der Waals surface area (Å²) in [6, 6.07) is 2.77. The van der Waals surface area contributed by atoms with Crippen LogP contribution in [0.25, 0.3) is 0 Å². The number of morpholine rings is 1. The third kappa shape index (κ3) is 3.53. The zero-order valence-corrected chi connectivity index (χ0v) is 12.3. The SMILES string of the molecule is Cc1cc(CN2CCCC2CN2CCOCC2)ncn1. The van der Waals surface area contributed by atoms with Gasteiger partial charge in [0.2, 0.25) is 0 Å². The molecule has 110 valence electrons. The normalized spacial score (nSPS) is 25.1. The lowest BCUT2D eigenvalue weighted by Crippen LogP contribution is -2.44. The summed E-state index contributed by atoms with van der Waals surface area (Å²) in [6.45, 7) is 9.29. The fraction of sp³-hybridized carbons (Fsp3) is 0.733. The van der Waals surface area contributed by atoms with Crippen molar-refractivity contribution in [3.63, 3.8) is 0 Å². The van der Waals surface area contributed by atoms with Crippen LogP contribution in [0.2, 0.25) is 0 Å². The number of aryl methyl sites for hydroxylation is 1. The molecule has 5 nitrogen and oxygen atoms in total. The molecule has 2 aliphatic rings. The number of rotatable bonds is 4. The topological polar surface area (TPSA) is 41.5 Å². The van der Waals surface area contributed by atoms with Gasteiger partial charge in [0.25, 0.3) is 0 Å². The first-order chi connectivity index (χ1) is 9.81. The molecule has 0 aromatic carbocycles. The zero-order chi connectivity index (χ0) is 13.8. The largest absolute Gasteiger partial charge is 0.379 e. The van der Waals surface area contributed by atoms with E-state index < -0.39 is 0 Å². The van der Waals surface area contributed by atoms with Crippen LogP contribution in [0, 0.1) is 6.92 Å². The van der Waals surface area contributed by atoms with Gasteiger partial charge in [0.1, 0.15) is 6.33 Å². The van der Waals surface area contributed by atoms with Crippen LogP contribution in [0.15, 0.2) is 12.4 Å². The molecule has 1 unspecified atom stereocenters. The quantitative estimate of drug-likeness (QED) is 0.823. The molecule has 0 radical (unpaired) electrons. The minimum absolute atomic E-state index is 0.670. The van der Waals surface area contributed by atoms with Gasteiger partial charge in [-0.2, -0.15) is 0 Å². The van der Waals surface area contributed by atoms with E-state index in [0.717, 1.165) is 44.2 Å². The lowest BCUT2D eigenvalue weighted by Gasteiger charge is -2.32. The van der Waals surface area contributed by atoms with E-state index in [9.17, 15) is 0 Å². The Morgan fingerprint density at radius 3 is 2.90 bits per heavy atom. The number of nitrogens with zero attached hydrogens (tertiary/aromatic N) is 4. The van der Waals surface area contributed by atoms with Crippen LogP contribution < -0.4 is 0 Å². The molecule has 1 aromatic rings. The van der Waals surface area contributed by atoms with E-state index in [2.05, 4.69) is 25.8 Å². The molecule has 0 saturated carbocycles. The highest BCUT2D eigenvalue weighted by Crippen LogP contribution is 2.20. The fourth-order valence-electron chi connectivity index (χ4n) is 3.20. The molecular formula is C15H24N4O. The summed E-state index contributed by atoms with van der Waals surface area (Å²) in [6.07, 6.45) is 4.29. The van der Waals surface area contributed by atoms with Crippen molar-refractivity contribution in [1.82, 2.24) is 19.8 Å². The molecule has 2 fully saturated rings. The second kappa shape index (κ2) is 6.61. The summed E-state index contributed by atoms with van der Waals surface area (Å²) in [5.74, 6) is 0. The Kier molecular flexibility index (Phi) is 4.60. The molecule has 0 N–H and O–H groups in total. The second-order valence-electron chi connectivity index (χ2n) is 5.83. The van der Waals surface area contributed by atoms with E-state index in [1.165, 1.54) is 25.9 Å². The lowest BCUT2D eigenvalue weighted by molar-refractivity contribution is 0.0261. The number of hydrogen-bond acceptors (Lipinski definition) is 5. The van der Waals surface area contributed by atoms with Crippen LogP contribution in [-0.2, 0) is 11.3 Å². The maximum Gasteiger partial charge on any atom is 0.115 e. The van der Waals surface area contributed by atoms with E-state index in [1.807, 2.05) is 6.92 Å². The maximum absolute atomic E-state index is 5.43. The number of ether oxygens (including phenoxy) is 1. The van der Waals surface area contributed by atoms with E-state index in [0.29, 0.717) is 6.04 Å². The van der Waals surface area contributed by atoms with Crippen LogP contribution in [0.4, 0.5) is 0 Å². The molecule has 0 aliphatic carbocycles. The summed E-state index contributed by atoms with van der Waals surface area (Å²) < 4.78 is 5.43. The summed E-state index contributed by atoms with van der Waals surface area (Å²) in [4.78, 5) is 13.7. The fourth-order valence-corrected chi connectivity index (χ4v) is 3.20. The van der Waals surface area contributed by atoms with Gasteiger partial charge in [-0.25, -0.2) is 9.97 Å². The molecule has 3 heterocycles. The van der Waals surface area contributed by atoms with Crippen LogP contribution in [-0.4, -0.2) is 65.2 Å². The molecule has 1 aromatic heterocycles. The highest BCUT2D eigenvalue weighted by molar-refractivity contribution is 5.07. The Labute approximate surface area is 121 Å². The number of hydrogen-bond donors (Lipinski definition) is 0. The minimum atomic E-state index is 0.670. The number of aromatic nitrogens is 2. The van der Waals surface area contributed by atoms with E-state index in [4.69, 9.17) is 4.74 Å². The van der Waals surface area contributed by atoms with Crippen LogP contribution in [0.1, 0.15) is 24.2 Å². The monoisotopic (exact) mass is 276 g/mol. The molecule has 0 amide bonds. The first-order valence-corrected chi connectivity index (χ1v) is 7.63. The highest BCUT2D eigenvalue weighted by atomic mass is 16.5. The van der Waals surface area contributed by atoms with Gasteiger partial charge in [0, 0.05) is 37.9 Å².